The van der Waals surface area contributed by atoms with Gasteiger partial charge in [0.15, 0.2) is 0 Å². The molecule has 18 heavy (non-hydrogen) atoms. The van der Waals surface area contributed by atoms with Gasteiger partial charge in [0.1, 0.15) is 0 Å². The minimum Gasteiger partial charge on any atom is -0.481 e. The van der Waals surface area contributed by atoms with E-state index >= 15 is 0 Å². The molecule has 1 unspecified atom stereocenters. The molecular weight excluding hydrogens is 232 g/mol. The lowest BCUT2D eigenvalue weighted by Gasteiger charge is -2.20. The highest BCUT2D eigenvalue weighted by molar-refractivity contribution is 5.76. The second kappa shape index (κ2) is 7.95. The third-order valence-corrected chi connectivity index (χ3v) is 3.44. The van der Waals surface area contributed by atoms with Gasteiger partial charge in [-0.25, -0.2) is 4.79 Å². The quantitative estimate of drug-likeness (QED) is 0.660. The molecule has 0 spiro atoms. The Balaban J connectivity index is 2.32. The molecule has 5 nitrogen and oxygen atoms in total. The van der Waals surface area contributed by atoms with Crippen LogP contribution in [0.3, 0.4) is 0 Å². The van der Waals surface area contributed by atoms with E-state index in [4.69, 9.17) is 5.11 Å². The Bertz CT molecular complexity index is 273. The maximum atomic E-state index is 11.8. The average Bonchev–Trinajstić information content (AvgIpc) is 2.56. The second-order valence-electron chi connectivity index (χ2n) is 5.01. The summed E-state index contributed by atoms with van der Waals surface area (Å²) in [6.45, 7) is 1.87. The van der Waals surface area contributed by atoms with E-state index in [2.05, 4.69) is 10.6 Å². The van der Waals surface area contributed by atoms with Crippen molar-refractivity contribution in [1.82, 2.24) is 10.6 Å². The summed E-state index contributed by atoms with van der Waals surface area (Å²) in [6, 6.07) is -0.266. The molecule has 2 amide bonds. The van der Waals surface area contributed by atoms with E-state index in [1.54, 1.807) is 0 Å². The zero-order valence-electron chi connectivity index (χ0n) is 11.1. The number of carbonyl (C=O) groups is 2. The summed E-state index contributed by atoms with van der Waals surface area (Å²) in [5.74, 6) is -0.878. The summed E-state index contributed by atoms with van der Waals surface area (Å²) in [5, 5.41) is 14.4. The second-order valence-corrected chi connectivity index (χ2v) is 5.01. The van der Waals surface area contributed by atoms with Crippen LogP contribution in [0, 0.1) is 0 Å². The molecule has 1 atom stereocenters. The normalized spacial score (nSPS) is 18.7. The maximum Gasteiger partial charge on any atom is 0.315 e. The smallest absolute Gasteiger partial charge is 0.315 e. The Hall–Kier alpha value is -1.26. The predicted molar refractivity (Wildman–Crippen MR) is 69.5 cm³/mol. The Morgan fingerprint density at radius 2 is 1.83 bits per heavy atom. The lowest BCUT2D eigenvalue weighted by atomic mass is 10.1. The molecule has 0 aromatic heterocycles. The fourth-order valence-electron chi connectivity index (χ4n) is 2.34. The summed E-state index contributed by atoms with van der Waals surface area (Å²) in [6.07, 6.45) is 7.49. The van der Waals surface area contributed by atoms with Gasteiger partial charge in [0.2, 0.25) is 0 Å². The lowest BCUT2D eigenvalue weighted by Crippen LogP contribution is -2.46. The summed E-state index contributed by atoms with van der Waals surface area (Å²) in [4.78, 5) is 22.4. The van der Waals surface area contributed by atoms with Crippen LogP contribution >= 0.6 is 0 Å². The third-order valence-electron chi connectivity index (χ3n) is 3.44. The van der Waals surface area contributed by atoms with E-state index in [0.29, 0.717) is 6.42 Å². The highest BCUT2D eigenvalue weighted by atomic mass is 16.4. The Morgan fingerprint density at radius 3 is 2.33 bits per heavy atom. The summed E-state index contributed by atoms with van der Waals surface area (Å²) in [7, 11) is 0. The minimum atomic E-state index is -0.878. The topological polar surface area (TPSA) is 78.4 Å². The van der Waals surface area contributed by atoms with Gasteiger partial charge in [0.25, 0.3) is 0 Å². The van der Waals surface area contributed by atoms with Crippen LogP contribution in [-0.2, 0) is 4.79 Å². The number of amides is 2. The Kier molecular flexibility index (Phi) is 6.54. The fraction of sp³-hybridized carbons (Fsp3) is 0.846. The molecule has 0 aliphatic heterocycles. The molecule has 3 N–H and O–H groups in total. The molecule has 0 bridgehead atoms. The number of rotatable bonds is 5. The molecular formula is C13H24N2O3. The number of hydrogen-bond acceptors (Lipinski definition) is 2. The molecule has 1 rings (SSSR count). The summed E-state index contributed by atoms with van der Waals surface area (Å²) >= 11 is 0. The zero-order chi connectivity index (χ0) is 13.4. The highest BCUT2D eigenvalue weighted by Gasteiger charge is 2.17. The molecule has 5 heteroatoms. The number of urea groups is 1. The first-order valence-electron chi connectivity index (χ1n) is 6.90. The van der Waals surface area contributed by atoms with Gasteiger partial charge in [0.05, 0.1) is 6.42 Å². The number of carbonyl (C=O) groups excluding carboxylic acids is 1. The van der Waals surface area contributed by atoms with Crippen LogP contribution in [0.4, 0.5) is 4.79 Å². The van der Waals surface area contributed by atoms with Gasteiger partial charge < -0.3 is 15.7 Å². The van der Waals surface area contributed by atoms with Gasteiger partial charge in [-0.3, -0.25) is 4.79 Å². The van der Waals surface area contributed by atoms with Crippen molar-refractivity contribution in [2.24, 2.45) is 0 Å². The van der Waals surface area contributed by atoms with Crippen LogP contribution in [0.1, 0.15) is 58.3 Å². The number of carboxylic acids is 1. The van der Waals surface area contributed by atoms with Crippen LogP contribution in [0.5, 0.6) is 0 Å². The summed E-state index contributed by atoms with van der Waals surface area (Å²) in [5.41, 5.74) is 0. The highest BCUT2D eigenvalue weighted by Crippen LogP contribution is 2.17. The van der Waals surface area contributed by atoms with Gasteiger partial charge in [-0.15, -0.1) is 0 Å². The van der Waals surface area contributed by atoms with E-state index in [1.165, 1.54) is 12.8 Å². The first kappa shape index (κ1) is 14.8. The number of carboxylic acid groups (broad SMARTS) is 1. The maximum absolute atomic E-state index is 11.8. The predicted octanol–water partition coefficient (Wildman–Crippen LogP) is 2.26. The van der Waals surface area contributed by atoms with Crippen LogP contribution < -0.4 is 10.6 Å². The van der Waals surface area contributed by atoms with E-state index in [-0.39, 0.29) is 24.5 Å². The third kappa shape index (κ3) is 5.89. The van der Waals surface area contributed by atoms with E-state index in [0.717, 1.165) is 25.7 Å². The number of nitrogens with one attached hydrogen (secondary N) is 2. The summed E-state index contributed by atoms with van der Waals surface area (Å²) < 4.78 is 0. The Labute approximate surface area is 108 Å². The van der Waals surface area contributed by atoms with Crippen LogP contribution in [-0.4, -0.2) is 29.2 Å². The van der Waals surface area contributed by atoms with Gasteiger partial charge in [-0.2, -0.15) is 0 Å². The fourth-order valence-corrected chi connectivity index (χ4v) is 2.34. The first-order chi connectivity index (χ1) is 8.61. The molecule has 0 saturated heterocycles. The molecule has 0 radical (unpaired) electrons. The van der Waals surface area contributed by atoms with Gasteiger partial charge >= 0.3 is 12.0 Å². The van der Waals surface area contributed by atoms with E-state index in [1.807, 2.05) is 6.92 Å². The van der Waals surface area contributed by atoms with Crippen molar-refractivity contribution in [3.05, 3.63) is 0 Å². The van der Waals surface area contributed by atoms with Crippen LogP contribution in [0.15, 0.2) is 0 Å². The molecule has 1 aliphatic carbocycles. The monoisotopic (exact) mass is 256 g/mol. The van der Waals surface area contributed by atoms with Crippen molar-refractivity contribution >= 4 is 12.0 Å². The molecule has 0 aromatic rings. The van der Waals surface area contributed by atoms with E-state index < -0.39 is 5.97 Å². The van der Waals surface area contributed by atoms with Crippen molar-refractivity contribution in [2.45, 2.75) is 70.4 Å². The molecule has 0 heterocycles. The molecule has 1 saturated carbocycles. The molecule has 0 aromatic carbocycles. The van der Waals surface area contributed by atoms with Gasteiger partial charge in [-0.1, -0.05) is 32.6 Å². The lowest BCUT2D eigenvalue weighted by molar-refractivity contribution is -0.137. The molecule has 104 valence electrons. The van der Waals surface area contributed by atoms with Gasteiger partial charge in [0, 0.05) is 12.1 Å². The molecule has 1 aliphatic rings. The van der Waals surface area contributed by atoms with Crippen LogP contribution in [0.2, 0.25) is 0 Å². The van der Waals surface area contributed by atoms with Crippen molar-refractivity contribution in [3.8, 4) is 0 Å². The number of hydrogen-bond donors (Lipinski definition) is 3. The van der Waals surface area contributed by atoms with Crippen molar-refractivity contribution in [3.63, 3.8) is 0 Å². The van der Waals surface area contributed by atoms with Gasteiger partial charge in [-0.05, 0) is 19.3 Å². The average molecular weight is 256 g/mol. The molecule has 1 fully saturated rings. The largest absolute Gasteiger partial charge is 0.481 e. The SMILES string of the molecule is CCC(CC(=O)O)NC(=O)NC1CCCCCC1. The number of aliphatic carboxylic acids is 1. The minimum absolute atomic E-state index is 0.0193. The first-order valence-corrected chi connectivity index (χ1v) is 6.90. The van der Waals surface area contributed by atoms with Crippen molar-refractivity contribution in [2.75, 3.05) is 0 Å². The van der Waals surface area contributed by atoms with E-state index in [9.17, 15) is 9.59 Å². The van der Waals surface area contributed by atoms with Crippen LogP contribution in [0.25, 0.3) is 0 Å². The Morgan fingerprint density at radius 1 is 1.22 bits per heavy atom. The standard InChI is InChI=1S/C13H24N2O3/c1-2-10(9-12(16)17)14-13(18)15-11-7-5-3-4-6-8-11/h10-11H,2-9H2,1H3,(H,16,17)(H2,14,15,18). The van der Waals surface area contributed by atoms with Crippen molar-refractivity contribution in [1.29, 1.82) is 0 Å². The van der Waals surface area contributed by atoms with Crippen molar-refractivity contribution < 1.29 is 14.7 Å². The zero-order valence-corrected chi connectivity index (χ0v) is 11.1.